The summed E-state index contributed by atoms with van der Waals surface area (Å²) < 4.78 is 19.4. The molecular weight excluding hydrogens is 377 g/mol. The first kappa shape index (κ1) is 18.4. The zero-order valence-corrected chi connectivity index (χ0v) is 16.3. The molecular formula is C21H20FN3O2S. The van der Waals surface area contributed by atoms with Gasteiger partial charge in [0.1, 0.15) is 21.5 Å². The van der Waals surface area contributed by atoms with E-state index < -0.39 is 0 Å². The maximum atomic E-state index is 14.0. The summed E-state index contributed by atoms with van der Waals surface area (Å²) in [7, 11) is 1.66. The zero-order valence-electron chi connectivity index (χ0n) is 15.5. The lowest BCUT2D eigenvalue weighted by Crippen LogP contribution is -2.48. The van der Waals surface area contributed by atoms with Gasteiger partial charge in [0, 0.05) is 31.7 Å². The van der Waals surface area contributed by atoms with Crippen LogP contribution < -0.4 is 9.64 Å². The van der Waals surface area contributed by atoms with Crippen LogP contribution in [0.4, 0.5) is 10.1 Å². The Bertz CT molecular complexity index is 983. The van der Waals surface area contributed by atoms with Gasteiger partial charge < -0.3 is 14.5 Å². The highest BCUT2D eigenvalue weighted by molar-refractivity contribution is 7.16. The molecule has 2 aromatic carbocycles. The average Bonchev–Trinajstić information content (AvgIpc) is 3.23. The van der Waals surface area contributed by atoms with E-state index in [1.54, 1.807) is 31.5 Å². The molecule has 1 aromatic heterocycles. The summed E-state index contributed by atoms with van der Waals surface area (Å²) in [5.74, 6) is 0.445. The van der Waals surface area contributed by atoms with Crippen LogP contribution in [0.3, 0.4) is 0 Å². The molecule has 0 aliphatic carbocycles. The van der Waals surface area contributed by atoms with E-state index in [0.29, 0.717) is 28.5 Å². The van der Waals surface area contributed by atoms with Crippen LogP contribution >= 0.6 is 11.3 Å². The fourth-order valence-corrected chi connectivity index (χ4v) is 4.24. The van der Waals surface area contributed by atoms with E-state index in [-0.39, 0.29) is 11.7 Å². The lowest BCUT2D eigenvalue weighted by atomic mass is 10.2. The highest BCUT2D eigenvalue weighted by Crippen LogP contribution is 2.30. The van der Waals surface area contributed by atoms with Gasteiger partial charge in [-0.3, -0.25) is 4.79 Å². The SMILES string of the molecule is COc1ccccc1N1CCN(C(=O)c2cnc(-c3ccccc3F)s2)CC1. The number of anilines is 1. The fourth-order valence-electron chi connectivity index (χ4n) is 3.33. The molecule has 0 radical (unpaired) electrons. The maximum Gasteiger partial charge on any atom is 0.265 e. The van der Waals surface area contributed by atoms with Crippen LogP contribution in [0.5, 0.6) is 5.75 Å². The molecule has 1 aliphatic heterocycles. The third-order valence-corrected chi connectivity index (χ3v) is 5.83. The van der Waals surface area contributed by atoms with Crippen LogP contribution in [0.2, 0.25) is 0 Å². The number of carbonyl (C=O) groups excluding carboxylic acids is 1. The number of nitrogens with zero attached hydrogens (tertiary/aromatic N) is 3. The second-order valence-corrected chi connectivity index (χ2v) is 7.49. The number of ether oxygens (including phenoxy) is 1. The van der Waals surface area contributed by atoms with Crippen molar-refractivity contribution >= 4 is 22.9 Å². The molecule has 4 rings (SSSR count). The van der Waals surface area contributed by atoms with E-state index >= 15 is 0 Å². The number of hydrogen-bond acceptors (Lipinski definition) is 5. The molecule has 1 amide bonds. The van der Waals surface area contributed by atoms with Crippen LogP contribution in [0.25, 0.3) is 10.6 Å². The van der Waals surface area contributed by atoms with Gasteiger partial charge in [-0.2, -0.15) is 0 Å². The van der Waals surface area contributed by atoms with Gasteiger partial charge in [0.15, 0.2) is 0 Å². The Kier molecular flexibility index (Phi) is 5.25. The first-order valence-electron chi connectivity index (χ1n) is 9.05. The van der Waals surface area contributed by atoms with E-state index in [1.807, 2.05) is 29.2 Å². The Hall–Kier alpha value is -2.93. The first-order valence-corrected chi connectivity index (χ1v) is 9.87. The Morgan fingerprint density at radius 2 is 1.79 bits per heavy atom. The molecule has 0 saturated carbocycles. The molecule has 0 N–H and O–H groups in total. The topological polar surface area (TPSA) is 45.7 Å². The van der Waals surface area contributed by atoms with Crippen molar-refractivity contribution in [2.75, 3.05) is 38.2 Å². The number of piperazine rings is 1. The Morgan fingerprint density at radius 1 is 1.07 bits per heavy atom. The monoisotopic (exact) mass is 397 g/mol. The van der Waals surface area contributed by atoms with Gasteiger partial charge in [-0.15, -0.1) is 11.3 Å². The van der Waals surface area contributed by atoms with Crippen LogP contribution in [-0.2, 0) is 0 Å². The van der Waals surface area contributed by atoms with Gasteiger partial charge in [-0.05, 0) is 24.3 Å². The molecule has 0 unspecified atom stereocenters. The number of aromatic nitrogens is 1. The van der Waals surface area contributed by atoms with Crippen LogP contribution in [0, 0.1) is 5.82 Å². The van der Waals surface area contributed by atoms with Crippen molar-refractivity contribution < 1.29 is 13.9 Å². The molecule has 1 saturated heterocycles. The third-order valence-electron chi connectivity index (χ3n) is 4.81. The molecule has 1 fully saturated rings. The number of thiazole rings is 1. The lowest BCUT2D eigenvalue weighted by molar-refractivity contribution is 0.0751. The number of hydrogen-bond donors (Lipinski definition) is 0. The Morgan fingerprint density at radius 3 is 2.54 bits per heavy atom. The fraction of sp³-hybridized carbons (Fsp3) is 0.238. The van der Waals surface area contributed by atoms with E-state index in [1.165, 1.54) is 17.4 Å². The van der Waals surface area contributed by atoms with E-state index in [4.69, 9.17) is 4.74 Å². The van der Waals surface area contributed by atoms with Gasteiger partial charge in [-0.1, -0.05) is 24.3 Å². The van der Waals surface area contributed by atoms with Gasteiger partial charge in [0.25, 0.3) is 5.91 Å². The van der Waals surface area contributed by atoms with Gasteiger partial charge in [0.05, 0.1) is 19.0 Å². The first-order chi connectivity index (χ1) is 13.7. The Labute approximate surface area is 167 Å². The van der Waals surface area contributed by atoms with Crippen molar-refractivity contribution in [3.05, 3.63) is 65.4 Å². The van der Waals surface area contributed by atoms with Crippen molar-refractivity contribution in [2.24, 2.45) is 0 Å². The number of amides is 1. The van der Waals surface area contributed by atoms with E-state index in [2.05, 4.69) is 9.88 Å². The minimum Gasteiger partial charge on any atom is -0.495 e. The highest BCUT2D eigenvalue weighted by atomic mass is 32.1. The van der Waals surface area contributed by atoms with Crippen molar-refractivity contribution in [3.63, 3.8) is 0 Å². The Balaban J connectivity index is 1.44. The predicted octanol–water partition coefficient (Wildman–Crippen LogP) is 3.92. The smallest absolute Gasteiger partial charge is 0.265 e. The van der Waals surface area contributed by atoms with Crippen LogP contribution in [0.1, 0.15) is 9.67 Å². The number of rotatable bonds is 4. The molecule has 28 heavy (non-hydrogen) atoms. The van der Waals surface area contributed by atoms with Crippen molar-refractivity contribution in [3.8, 4) is 16.3 Å². The number of methoxy groups -OCH3 is 1. The van der Waals surface area contributed by atoms with Crippen LogP contribution in [-0.4, -0.2) is 49.1 Å². The summed E-state index contributed by atoms with van der Waals surface area (Å²) in [5, 5.41) is 0.522. The lowest BCUT2D eigenvalue weighted by Gasteiger charge is -2.36. The number of halogens is 1. The van der Waals surface area contributed by atoms with Gasteiger partial charge in [-0.25, -0.2) is 9.37 Å². The maximum absolute atomic E-state index is 14.0. The summed E-state index contributed by atoms with van der Waals surface area (Å²) in [6, 6.07) is 14.4. The van der Waals surface area contributed by atoms with Crippen molar-refractivity contribution in [1.29, 1.82) is 0 Å². The standard InChI is InChI=1S/C21H20FN3O2S/c1-27-18-9-5-4-8-17(18)24-10-12-25(13-11-24)21(26)19-14-23-20(28-19)15-6-2-3-7-16(15)22/h2-9,14H,10-13H2,1H3. The largest absolute Gasteiger partial charge is 0.495 e. The average molecular weight is 397 g/mol. The molecule has 0 bridgehead atoms. The number of para-hydroxylation sites is 2. The molecule has 5 nitrogen and oxygen atoms in total. The van der Waals surface area contributed by atoms with E-state index in [9.17, 15) is 9.18 Å². The molecule has 7 heteroatoms. The third kappa shape index (κ3) is 3.57. The molecule has 144 valence electrons. The quantitative estimate of drug-likeness (QED) is 0.669. The zero-order chi connectivity index (χ0) is 19.5. The summed E-state index contributed by atoms with van der Waals surface area (Å²) in [6.45, 7) is 2.68. The second kappa shape index (κ2) is 7.98. The molecule has 3 aromatic rings. The minimum atomic E-state index is -0.332. The molecule has 0 spiro atoms. The molecule has 0 atom stereocenters. The normalized spacial score (nSPS) is 14.2. The molecule has 2 heterocycles. The molecule has 1 aliphatic rings. The van der Waals surface area contributed by atoms with E-state index in [0.717, 1.165) is 24.5 Å². The highest BCUT2D eigenvalue weighted by Gasteiger charge is 2.25. The summed E-state index contributed by atoms with van der Waals surface area (Å²) in [4.78, 5) is 21.7. The van der Waals surface area contributed by atoms with Gasteiger partial charge in [0.2, 0.25) is 0 Å². The second-order valence-electron chi connectivity index (χ2n) is 6.46. The van der Waals surface area contributed by atoms with Crippen LogP contribution in [0.15, 0.2) is 54.7 Å². The van der Waals surface area contributed by atoms with Crippen molar-refractivity contribution in [1.82, 2.24) is 9.88 Å². The minimum absolute atomic E-state index is 0.0558. The van der Waals surface area contributed by atoms with Crippen molar-refractivity contribution in [2.45, 2.75) is 0 Å². The van der Waals surface area contributed by atoms with Gasteiger partial charge >= 0.3 is 0 Å². The summed E-state index contributed by atoms with van der Waals surface area (Å²) in [5.41, 5.74) is 1.46. The number of carbonyl (C=O) groups is 1. The summed E-state index contributed by atoms with van der Waals surface area (Å²) >= 11 is 1.23. The summed E-state index contributed by atoms with van der Waals surface area (Å²) in [6.07, 6.45) is 1.54. The number of benzene rings is 2. The predicted molar refractivity (Wildman–Crippen MR) is 109 cm³/mol.